The van der Waals surface area contributed by atoms with Crippen LogP contribution in [0.3, 0.4) is 0 Å². The van der Waals surface area contributed by atoms with E-state index in [1.165, 1.54) is 24.8 Å². The van der Waals surface area contributed by atoms with Crippen LogP contribution in [-0.2, 0) is 11.3 Å². The van der Waals surface area contributed by atoms with E-state index in [0.29, 0.717) is 45.1 Å². The molecule has 1 aliphatic carbocycles. The van der Waals surface area contributed by atoms with Crippen molar-refractivity contribution in [3.8, 4) is 11.5 Å². The van der Waals surface area contributed by atoms with E-state index in [-0.39, 0.29) is 11.9 Å². The largest absolute Gasteiger partial charge is 0.486 e. The van der Waals surface area contributed by atoms with Gasteiger partial charge in [0.25, 0.3) is 5.91 Å². The lowest BCUT2D eigenvalue weighted by molar-refractivity contribution is -0.136. The van der Waals surface area contributed by atoms with E-state index in [1.807, 2.05) is 11.0 Å². The van der Waals surface area contributed by atoms with Crippen molar-refractivity contribution in [2.45, 2.75) is 70.4 Å². The summed E-state index contributed by atoms with van der Waals surface area (Å²) < 4.78 is 11.4. The maximum atomic E-state index is 13.7. The van der Waals surface area contributed by atoms with Gasteiger partial charge in [-0.2, -0.15) is 0 Å². The lowest BCUT2D eigenvalue weighted by atomic mass is 9.85. The average molecular weight is 456 g/mol. The van der Waals surface area contributed by atoms with Gasteiger partial charge in [0.15, 0.2) is 11.5 Å². The molecule has 7 heteroatoms. The van der Waals surface area contributed by atoms with Gasteiger partial charge in [0.05, 0.1) is 0 Å². The van der Waals surface area contributed by atoms with Crippen LogP contribution >= 0.6 is 0 Å². The normalized spacial score (nSPS) is 23.5. The van der Waals surface area contributed by atoms with Crippen molar-refractivity contribution in [3.63, 3.8) is 0 Å². The molecule has 7 nitrogen and oxygen atoms in total. The molecule has 0 unspecified atom stereocenters. The topological polar surface area (TPSA) is 62.3 Å². The molecule has 3 fully saturated rings. The molecule has 1 saturated carbocycles. The zero-order chi connectivity index (χ0) is 22.8. The molecule has 1 aromatic carbocycles. The molecule has 3 amide bonds. The molecule has 5 rings (SSSR count). The van der Waals surface area contributed by atoms with E-state index in [2.05, 4.69) is 24.0 Å². The SMILES string of the molecule is CCCN1C(=O)N(CC2CCCCC2)C(=O)C12CCN(Cc1ccc3c(c1)OCCO3)CC2. The number of nitrogens with zero attached hydrogens (tertiary/aromatic N) is 3. The Bertz CT molecular complexity index is 874. The van der Waals surface area contributed by atoms with Crippen molar-refractivity contribution in [1.82, 2.24) is 14.7 Å². The molecule has 1 spiro atoms. The standard InChI is InChI=1S/C26H37N3O4/c1-2-12-29-25(31)28(19-20-6-4-3-5-7-20)24(30)26(29)10-13-27(14-11-26)18-21-8-9-22-23(17-21)33-16-15-32-22/h8-9,17,20H,2-7,10-16,18-19H2,1H3. The van der Waals surface area contributed by atoms with E-state index < -0.39 is 5.54 Å². The highest BCUT2D eigenvalue weighted by molar-refractivity contribution is 6.07. The van der Waals surface area contributed by atoms with Gasteiger partial charge in [-0.05, 0) is 55.7 Å². The van der Waals surface area contributed by atoms with Crippen molar-refractivity contribution < 1.29 is 19.1 Å². The molecule has 33 heavy (non-hydrogen) atoms. The van der Waals surface area contributed by atoms with Crippen LogP contribution in [0.25, 0.3) is 0 Å². The number of hydrogen-bond donors (Lipinski definition) is 0. The lowest BCUT2D eigenvalue weighted by Crippen LogP contribution is -2.56. The number of imide groups is 1. The van der Waals surface area contributed by atoms with Gasteiger partial charge >= 0.3 is 6.03 Å². The monoisotopic (exact) mass is 455 g/mol. The Hall–Kier alpha value is -2.28. The third-order valence-electron chi connectivity index (χ3n) is 7.93. The third kappa shape index (κ3) is 4.32. The highest BCUT2D eigenvalue weighted by Crippen LogP contribution is 2.39. The van der Waals surface area contributed by atoms with Crippen LogP contribution in [0.5, 0.6) is 11.5 Å². The Morgan fingerprint density at radius 3 is 2.45 bits per heavy atom. The molecule has 0 N–H and O–H groups in total. The molecule has 0 radical (unpaired) electrons. The minimum atomic E-state index is -0.648. The summed E-state index contributed by atoms with van der Waals surface area (Å²) in [6.07, 6.45) is 8.30. The van der Waals surface area contributed by atoms with E-state index in [0.717, 1.165) is 50.4 Å². The number of likely N-dealkylation sites (tertiary alicyclic amines) is 1. The first-order valence-electron chi connectivity index (χ1n) is 12.8. The maximum Gasteiger partial charge on any atom is 0.327 e. The van der Waals surface area contributed by atoms with Crippen LogP contribution in [0.2, 0.25) is 0 Å². The average Bonchev–Trinajstić information content (AvgIpc) is 3.03. The number of amides is 3. The van der Waals surface area contributed by atoms with Crippen LogP contribution in [0, 0.1) is 5.92 Å². The lowest BCUT2D eigenvalue weighted by Gasteiger charge is -2.42. The number of urea groups is 1. The molecule has 2 saturated heterocycles. The number of piperidine rings is 1. The summed E-state index contributed by atoms with van der Waals surface area (Å²) in [7, 11) is 0. The first-order chi connectivity index (χ1) is 16.1. The molecule has 1 aromatic rings. The summed E-state index contributed by atoms with van der Waals surface area (Å²) in [5.41, 5.74) is 0.541. The molecule has 4 aliphatic rings. The van der Waals surface area contributed by atoms with Crippen LogP contribution in [0.1, 0.15) is 63.9 Å². The predicted octanol–water partition coefficient (Wildman–Crippen LogP) is 4.05. The molecule has 0 atom stereocenters. The summed E-state index contributed by atoms with van der Waals surface area (Å²) in [4.78, 5) is 33.0. The highest BCUT2D eigenvalue weighted by Gasteiger charge is 2.57. The number of hydrogen-bond acceptors (Lipinski definition) is 5. The summed E-state index contributed by atoms with van der Waals surface area (Å²) in [6.45, 7) is 6.98. The Balaban J connectivity index is 1.26. The van der Waals surface area contributed by atoms with E-state index >= 15 is 0 Å². The second-order valence-electron chi connectivity index (χ2n) is 10.1. The zero-order valence-electron chi connectivity index (χ0n) is 19.9. The van der Waals surface area contributed by atoms with Gasteiger partial charge < -0.3 is 14.4 Å². The maximum absolute atomic E-state index is 13.7. The Kier molecular flexibility index (Phi) is 6.50. The molecular formula is C26H37N3O4. The van der Waals surface area contributed by atoms with Crippen LogP contribution in [-0.4, -0.2) is 71.6 Å². The van der Waals surface area contributed by atoms with E-state index in [1.54, 1.807) is 4.90 Å². The third-order valence-corrected chi connectivity index (χ3v) is 7.93. The van der Waals surface area contributed by atoms with Gasteiger partial charge in [-0.1, -0.05) is 32.3 Å². The van der Waals surface area contributed by atoms with Crippen molar-refractivity contribution in [2.24, 2.45) is 5.92 Å². The summed E-state index contributed by atoms with van der Waals surface area (Å²) in [6, 6.07) is 6.10. The first-order valence-corrected chi connectivity index (χ1v) is 12.8. The van der Waals surface area contributed by atoms with Gasteiger partial charge in [0.1, 0.15) is 18.8 Å². The minimum Gasteiger partial charge on any atom is -0.486 e. The smallest absolute Gasteiger partial charge is 0.327 e. The fourth-order valence-electron chi connectivity index (χ4n) is 6.11. The molecule has 0 aromatic heterocycles. The predicted molar refractivity (Wildman–Crippen MR) is 125 cm³/mol. The van der Waals surface area contributed by atoms with Gasteiger partial charge in [0.2, 0.25) is 0 Å². The number of fused-ring (bicyclic) bond motifs is 1. The minimum absolute atomic E-state index is 0.0484. The van der Waals surface area contributed by atoms with Crippen molar-refractivity contribution in [1.29, 1.82) is 0 Å². The fraction of sp³-hybridized carbons (Fsp3) is 0.692. The zero-order valence-corrected chi connectivity index (χ0v) is 19.9. The Morgan fingerprint density at radius 1 is 1.00 bits per heavy atom. The van der Waals surface area contributed by atoms with Gasteiger partial charge in [-0.3, -0.25) is 14.6 Å². The van der Waals surface area contributed by atoms with Crippen LogP contribution in [0.4, 0.5) is 4.79 Å². The Morgan fingerprint density at radius 2 is 1.73 bits per heavy atom. The quantitative estimate of drug-likeness (QED) is 0.606. The molecular weight excluding hydrogens is 418 g/mol. The van der Waals surface area contributed by atoms with Crippen LogP contribution < -0.4 is 9.47 Å². The van der Waals surface area contributed by atoms with E-state index in [4.69, 9.17) is 9.47 Å². The molecule has 0 bridgehead atoms. The van der Waals surface area contributed by atoms with Crippen molar-refractivity contribution in [3.05, 3.63) is 23.8 Å². The van der Waals surface area contributed by atoms with E-state index in [9.17, 15) is 9.59 Å². The highest BCUT2D eigenvalue weighted by atomic mass is 16.6. The first kappa shape index (κ1) is 22.5. The summed E-state index contributed by atoms with van der Waals surface area (Å²) in [5, 5.41) is 0. The summed E-state index contributed by atoms with van der Waals surface area (Å²) in [5.74, 6) is 2.16. The molecule has 3 aliphatic heterocycles. The fourth-order valence-corrected chi connectivity index (χ4v) is 6.11. The van der Waals surface area contributed by atoms with Gasteiger partial charge in [-0.15, -0.1) is 0 Å². The second kappa shape index (κ2) is 9.53. The Labute approximate surface area is 197 Å². The van der Waals surface area contributed by atoms with Crippen molar-refractivity contribution in [2.75, 3.05) is 39.4 Å². The molecule has 180 valence electrons. The summed E-state index contributed by atoms with van der Waals surface area (Å²) >= 11 is 0. The number of benzene rings is 1. The second-order valence-corrected chi connectivity index (χ2v) is 10.1. The number of carbonyl (C=O) groups is 2. The number of ether oxygens (including phenoxy) is 2. The van der Waals surface area contributed by atoms with Crippen molar-refractivity contribution >= 4 is 11.9 Å². The number of rotatable bonds is 6. The van der Waals surface area contributed by atoms with Gasteiger partial charge in [-0.25, -0.2) is 4.79 Å². The van der Waals surface area contributed by atoms with Gasteiger partial charge in [0, 0.05) is 32.7 Å². The molecule has 3 heterocycles. The number of carbonyl (C=O) groups excluding carboxylic acids is 2. The van der Waals surface area contributed by atoms with Crippen LogP contribution in [0.15, 0.2) is 18.2 Å².